The van der Waals surface area contributed by atoms with E-state index in [0.29, 0.717) is 17.7 Å². The zero-order valence-corrected chi connectivity index (χ0v) is 9.42. The van der Waals surface area contributed by atoms with E-state index < -0.39 is 0 Å². The largest absolute Gasteiger partial charge is 0.421 e. The third-order valence-electron chi connectivity index (χ3n) is 2.27. The van der Waals surface area contributed by atoms with Crippen LogP contribution in [0.4, 0.5) is 0 Å². The van der Waals surface area contributed by atoms with E-state index in [-0.39, 0.29) is 0 Å². The van der Waals surface area contributed by atoms with Gasteiger partial charge in [0.05, 0.1) is 0 Å². The van der Waals surface area contributed by atoms with Crippen molar-refractivity contribution in [2.75, 3.05) is 0 Å². The van der Waals surface area contributed by atoms with Crippen molar-refractivity contribution in [3.05, 3.63) is 48.3 Å². The number of aromatic nitrogens is 2. The first-order valence-corrected chi connectivity index (χ1v) is 5.30. The van der Waals surface area contributed by atoms with Crippen LogP contribution in [0.2, 0.25) is 0 Å². The van der Waals surface area contributed by atoms with Gasteiger partial charge in [0.25, 0.3) is 0 Å². The van der Waals surface area contributed by atoms with Crippen LogP contribution in [0.15, 0.2) is 42.7 Å². The molecule has 2 aromatic heterocycles. The molecule has 0 aromatic carbocycles. The Bertz CT molecular complexity index is 437. The molecule has 2 aromatic rings. The molecule has 0 fully saturated rings. The Labute approximate surface area is 95.1 Å². The van der Waals surface area contributed by atoms with Gasteiger partial charge in [-0.1, -0.05) is 26.0 Å². The van der Waals surface area contributed by atoms with Gasteiger partial charge < -0.3 is 4.74 Å². The fourth-order valence-corrected chi connectivity index (χ4v) is 1.31. The summed E-state index contributed by atoms with van der Waals surface area (Å²) in [6.07, 6.45) is 3.53. The van der Waals surface area contributed by atoms with E-state index in [2.05, 4.69) is 23.8 Å². The molecule has 0 N–H and O–H groups in total. The molecule has 0 radical (unpaired) electrons. The Balaban J connectivity index is 2.11. The molecule has 3 heteroatoms. The molecule has 0 atom stereocenters. The van der Waals surface area contributed by atoms with Gasteiger partial charge in [-0.25, -0.2) is 9.97 Å². The Hall–Kier alpha value is -1.90. The first-order chi connectivity index (χ1) is 7.75. The van der Waals surface area contributed by atoms with Gasteiger partial charge in [0, 0.05) is 24.5 Å². The van der Waals surface area contributed by atoms with Crippen molar-refractivity contribution in [2.45, 2.75) is 19.8 Å². The number of ether oxygens (including phenoxy) is 1. The van der Waals surface area contributed by atoms with E-state index >= 15 is 0 Å². The molecule has 16 heavy (non-hydrogen) atoms. The van der Waals surface area contributed by atoms with Crippen LogP contribution >= 0.6 is 0 Å². The summed E-state index contributed by atoms with van der Waals surface area (Å²) in [5.74, 6) is 1.62. The summed E-state index contributed by atoms with van der Waals surface area (Å²) in [5.41, 5.74) is 1.20. The highest BCUT2D eigenvalue weighted by atomic mass is 16.5. The molecule has 0 bridgehead atoms. The fourth-order valence-electron chi connectivity index (χ4n) is 1.31. The maximum absolute atomic E-state index is 5.49. The van der Waals surface area contributed by atoms with E-state index in [1.165, 1.54) is 5.56 Å². The predicted molar refractivity (Wildman–Crippen MR) is 62.6 cm³/mol. The monoisotopic (exact) mass is 214 g/mol. The summed E-state index contributed by atoms with van der Waals surface area (Å²) in [6, 6.07) is 9.42. The van der Waals surface area contributed by atoms with Gasteiger partial charge in [-0.2, -0.15) is 0 Å². The number of rotatable bonds is 3. The summed E-state index contributed by atoms with van der Waals surface area (Å²) >= 11 is 0. The second kappa shape index (κ2) is 4.75. The van der Waals surface area contributed by atoms with Gasteiger partial charge in [0.1, 0.15) is 0 Å². The average molecular weight is 214 g/mol. The molecule has 2 heterocycles. The number of pyridine rings is 2. The van der Waals surface area contributed by atoms with Crippen molar-refractivity contribution < 1.29 is 4.74 Å². The molecule has 0 aliphatic heterocycles. The number of hydrogen-bond donors (Lipinski definition) is 0. The van der Waals surface area contributed by atoms with Crippen LogP contribution in [0, 0.1) is 0 Å². The van der Waals surface area contributed by atoms with Crippen LogP contribution in [0.3, 0.4) is 0 Å². The van der Waals surface area contributed by atoms with Crippen LogP contribution in [0.5, 0.6) is 11.8 Å². The molecule has 2 rings (SSSR count). The van der Waals surface area contributed by atoms with Crippen molar-refractivity contribution in [1.82, 2.24) is 9.97 Å². The van der Waals surface area contributed by atoms with Gasteiger partial charge >= 0.3 is 0 Å². The minimum atomic E-state index is 0.483. The smallest absolute Gasteiger partial charge is 0.221 e. The van der Waals surface area contributed by atoms with E-state index in [1.807, 2.05) is 30.5 Å². The van der Waals surface area contributed by atoms with Crippen LogP contribution in [0.1, 0.15) is 25.3 Å². The number of nitrogens with zero attached hydrogens (tertiary/aromatic N) is 2. The zero-order chi connectivity index (χ0) is 11.4. The van der Waals surface area contributed by atoms with Crippen molar-refractivity contribution in [3.8, 4) is 11.8 Å². The third-order valence-corrected chi connectivity index (χ3v) is 2.27. The molecule has 0 aliphatic carbocycles. The van der Waals surface area contributed by atoms with Crippen LogP contribution in [-0.4, -0.2) is 9.97 Å². The van der Waals surface area contributed by atoms with E-state index in [0.717, 1.165) is 0 Å². The second-order valence-corrected chi connectivity index (χ2v) is 3.85. The first kappa shape index (κ1) is 10.6. The van der Waals surface area contributed by atoms with Crippen molar-refractivity contribution >= 4 is 0 Å². The molecular formula is C13H14N2O. The maximum Gasteiger partial charge on any atom is 0.221 e. The average Bonchev–Trinajstić information content (AvgIpc) is 2.31. The molecule has 82 valence electrons. The van der Waals surface area contributed by atoms with Crippen molar-refractivity contribution in [1.29, 1.82) is 0 Å². The summed E-state index contributed by atoms with van der Waals surface area (Å²) in [5, 5.41) is 0. The molecule has 0 saturated carbocycles. The Kier molecular flexibility index (Phi) is 3.15. The SMILES string of the molecule is CC(C)c1ccc(Oc2ccccn2)nc1. The lowest BCUT2D eigenvalue weighted by Gasteiger charge is -2.06. The standard InChI is InChI=1S/C13H14N2O/c1-10(2)11-6-7-13(15-9-11)16-12-5-3-4-8-14-12/h3-10H,1-2H3. The number of hydrogen-bond acceptors (Lipinski definition) is 3. The van der Waals surface area contributed by atoms with Gasteiger partial charge in [-0.15, -0.1) is 0 Å². The minimum absolute atomic E-state index is 0.483. The van der Waals surface area contributed by atoms with Crippen LogP contribution < -0.4 is 4.74 Å². The quantitative estimate of drug-likeness (QED) is 0.785. The van der Waals surface area contributed by atoms with Crippen LogP contribution in [-0.2, 0) is 0 Å². The third kappa shape index (κ3) is 2.57. The summed E-state index contributed by atoms with van der Waals surface area (Å²) in [6.45, 7) is 4.27. The van der Waals surface area contributed by atoms with Gasteiger partial charge in [0.2, 0.25) is 11.8 Å². The summed E-state index contributed by atoms with van der Waals surface area (Å²) in [4.78, 5) is 8.30. The highest BCUT2D eigenvalue weighted by Crippen LogP contribution is 2.19. The van der Waals surface area contributed by atoms with Crippen molar-refractivity contribution in [2.24, 2.45) is 0 Å². The van der Waals surface area contributed by atoms with E-state index in [9.17, 15) is 0 Å². The lowest BCUT2D eigenvalue weighted by molar-refractivity contribution is 0.444. The molecular weight excluding hydrogens is 200 g/mol. The Morgan fingerprint density at radius 1 is 1.00 bits per heavy atom. The molecule has 0 saturated heterocycles. The zero-order valence-electron chi connectivity index (χ0n) is 9.42. The van der Waals surface area contributed by atoms with Gasteiger partial charge in [0.15, 0.2) is 0 Å². The Morgan fingerprint density at radius 3 is 2.38 bits per heavy atom. The molecule has 0 spiro atoms. The molecule has 0 aliphatic rings. The van der Waals surface area contributed by atoms with Crippen molar-refractivity contribution in [3.63, 3.8) is 0 Å². The molecule has 0 unspecified atom stereocenters. The maximum atomic E-state index is 5.49. The Morgan fingerprint density at radius 2 is 1.81 bits per heavy atom. The molecule has 3 nitrogen and oxygen atoms in total. The van der Waals surface area contributed by atoms with Gasteiger partial charge in [-0.05, 0) is 17.5 Å². The normalized spacial score (nSPS) is 10.4. The van der Waals surface area contributed by atoms with E-state index in [4.69, 9.17) is 4.74 Å². The van der Waals surface area contributed by atoms with Gasteiger partial charge in [-0.3, -0.25) is 0 Å². The topological polar surface area (TPSA) is 35.0 Å². The highest BCUT2D eigenvalue weighted by Gasteiger charge is 2.01. The molecule has 0 amide bonds. The highest BCUT2D eigenvalue weighted by molar-refractivity contribution is 5.23. The fraction of sp³-hybridized carbons (Fsp3) is 0.231. The summed E-state index contributed by atoms with van der Waals surface area (Å²) < 4.78 is 5.49. The van der Waals surface area contributed by atoms with Crippen LogP contribution in [0.25, 0.3) is 0 Å². The lowest BCUT2D eigenvalue weighted by atomic mass is 10.1. The minimum Gasteiger partial charge on any atom is -0.421 e. The lowest BCUT2D eigenvalue weighted by Crippen LogP contribution is -1.92. The first-order valence-electron chi connectivity index (χ1n) is 5.30. The predicted octanol–water partition coefficient (Wildman–Crippen LogP) is 3.39. The summed E-state index contributed by atoms with van der Waals surface area (Å²) in [7, 11) is 0. The van der Waals surface area contributed by atoms with E-state index in [1.54, 1.807) is 12.3 Å². The second-order valence-electron chi connectivity index (χ2n) is 3.85.